The number of carbonyl (C=O) groups excluding carboxylic acids is 5. The highest BCUT2D eigenvalue weighted by atomic mass is 16.2. The highest BCUT2D eigenvalue weighted by Gasteiger charge is 2.37. The Kier molecular flexibility index (Phi) is 21.6. The molecule has 438 valence electrons. The number of hydrogen-bond donors (Lipinski definition) is 11. The SMILES string of the molecule is CCC(NC(=N)N)[C@@H]1N[C@H](CNC(=O)c2ccc3ccccc3c2)CCN(C[C@@H](NC(=O)c2ccccc2)c2ccccc2)C1=O.Cc1cc(C)cc(CN2CC[C@@H](CNC(=O)c3ccc4ccccc4c3)N[C@@H](CCCNC(=N)N)C2=O)c1. The molecule has 0 spiro atoms. The highest BCUT2D eigenvalue weighted by molar-refractivity contribution is 5.99. The highest BCUT2D eigenvalue weighted by Crippen LogP contribution is 2.23. The van der Waals surface area contributed by atoms with Crippen LogP contribution in [0.4, 0.5) is 0 Å². The van der Waals surface area contributed by atoms with Crippen LogP contribution in [0.25, 0.3) is 21.5 Å². The number of guanidine groups is 2. The molecule has 84 heavy (non-hydrogen) atoms. The van der Waals surface area contributed by atoms with Crippen molar-refractivity contribution >= 4 is 63.0 Å². The van der Waals surface area contributed by atoms with Crippen LogP contribution in [-0.4, -0.2) is 121 Å². The fourth-order valence-electron chi connectivity index (χ4n) is 11.1. The summed E-state index contributed by atoms with van der Waals surface area (Å²) in [6, 6.07) is 49.9. The Morgan fingerprint density at radius 1 is 0.583 bits per heavy atom. The Balaban J connectivity index is 0.000000223. The molecule has 6 atom stereocenters. The normalized spacial score (nSPS) is 17.8. The molecule has 9 rings (SSSR count). The summed E-state index contributed by atoms with van der Waals surface area (Å²) in [5.41, 5.74) is 17.2. The summed E-state index contributed by atoms with van der Waals surface area (Å²) >= 11 is 0. The number of amides is 5. The molecule has 0 saturated carbocycles. The van der Waals surface area contributed by atoms with E-state index in [2.05, 4.69) is 69.3 Å². The van der Waals surface area contributed by atoms with E-state index in [1.807, 2.05) is 145 Å². The van der Waals surface area contributed by atoms with Crippen molar-refractivity contribution in [2.75, 3.05) is 39.3 Å². The molecule has 2 aliphatic heterocycles. The van der Waals surface area contributed by atoms with Crippen LogP contribution < -0.4 is 48.7 Å². The Morgan fingerprint density at radius 2 is 1.12 bits per heavy atom. The van der Waals surface area contributed by atoms with Gasteiger partial charge in [0.2, 0.25) is 11.8 Å². The van der Waals surface area contributed by atoms with E-state index >= 15 is 0 Å². The maximum atomic E-state index is 14.2. The van der Waals surface area contributed by atoms with E-state index in [1.165, 1.54) is 11.1 Å². The van der Waals surface area contributed by atoms with Gasteiger partial charge in [0, 0.05) is 74.6 Å². The molecule has 0 bridgehead atoms. The molecule has 0 aliphatic carbocycles. The zero-order valence-electron chi connectivity index (χ0n) is 48.1. The topological polar surface area (TPSA) is 276 Å². The molecule has 0 radical (unpaired) electrons. The first-order valence-electron chi connectivity index (χ1n) is 28.9. The molecule has 7 aromatic rings. The molecule has 1 unspecified atom stereocenters. The number of benzene rings is 7. The van der Waals surface area contributed by atoms with Gasteiger partial charge in [-0.05, 0) is 115 Å². The van der Waals surface area contributed by atoms with Gasteiger partial charge in [0.25, 0.3) is 17.7 Å². The predicted molar refractivity (Wildman–Crippen MR) is 333 cm³/mol. The minimum atomic E-state index is -0.722. The molecule has 13 N–H and O–H groups in total. The summed E-state index contributed by atoms with van der Waals surface area (Å²) in [5, 5.41) is 41.3. The Bertz CT molecular complexity index is 3400. The maximum absolute atomic E-state index is 14.2. The van der Waals surface area contributed by atoms with Gasteiger partial charge in [0.1, 0.15) is 6.04 Å². The van der Waals surface area contributed by atoms with Crippen LogP contribution in [0.1, 0.15) is 98.4 Å². The zero-order chi connectivity index (χ0) is 59.5. The van der Waals surface area contributed by atoms with Crippen LogP contribution in [-0.2, 0) is 16.1 Å². The number of fused-ring (bicyclic) bond motifs is 2. The lowest BCUT2D eigenvalue weighted by Gasteiger charge is -2.33. The first kappa shape index (κ1) is 61.0. The van der Waals surface area contributed by atoms with Gasteiger partial charge >= 0.3 is 0 Å². The average Bonchev–Trinajstić information content (AvgIpc) is 3.93. The minimum absolute atomic E-state index is 0.0432. The fourth-order valence-corrected chi connectivity index (χ4v) is 11.1. The molecule has 2 heterocycles. The summed E-state index contributed by atoms with van der Waals surface area (Å²) in [5.74, 6) is -0.952. The van der Waals surface area contributed by atoms with Crippen molar-refractivity contribution < 1.29 is 24.0 Å². The first-order chi connectivity index (χ1) is 40.6. The number of rotatable bonds is 20. The quantitative estimate of drug-likeness (QED) is 0.0215. The van der Waals surface area contributed by atoms with Crippen LogP contribution >= 0.6 is 0 Å². The number of hydrogen-bond acceptors (Lipinski definition) is 9. The maximum Gasteiger partial charge on any atom is 0.251 e. The lowest BCUT2D eigenvalue weighted by Crippen LogP contribution is -2.60. The van der Waals surface area contributed by atoms with Crippen LogP contribution in [0.15, 0.2) is 164 Å². The average molecular weight is 1130 g/mol. The van der Waals surface area contributed by atoms with E-state index in [4.69, 9.17) is 22.3 Å². The van der Waals surface area contributed by atoms with Crippen molar-refractivity contribution in [3.05, 3.63) is 203 Å². The van der Waals surface area contributed by atoms with E-state index < -0.39 is 18.1 Å². The van der Waals surface area contributed by atoms with Gasteiger partial charge < -0.3 is 53.2 Å². The smallest absolute Gasteiger partial charge is 0.251 e. The Morgan fingerprint density at radius 3 is 1.68 bits per heavy atom. The van der Waals surface area contributed by atoms with E-state index in [-0.39, 0.29) is 66.1 Å². The third-order valence-electron chi connectivity index (χ3n) is 15.3. The molecule has 2 saturated heterocycles. The van der Waals surface area contributed by atoms with Crippen molar-refractivity contribution in [3.8, 4) is 0 Å². The molecule has 7 aromatic carbocycles. The first-order valence-corrected chi connectivity index (χ1v) is 28.9. The van der Waals surface area contributed by atoms with Crippen molar-refractivity contribution in [1.29, 1.82) is 10.8 Å². The summed E-state index contributed by atoms with van der Waals surface area (Å²) in [4.78, 5) is 70.8. The van der Waals surface area contributed by atoms with Gasteiger partial charge in [-0.2, -0.15) is 0 Å². The van der Waals surface area contributed by atoms with Crippen LogP contribution in [0.5, 0.6) is 0 Å². The van der Waals surface area contributed by atoms with Gasteiger partial charge in [-0.3, -0.25) is 40.1 Å². The van der Waals surface area contributed by atoms with Gasteiger partial charge in [-0.15, -0.1) is 0 Å². The third-order valence-corrected chi connectivity index (χ3v) is 15.3. The van der Waals surface area contributed by atoms with Crippen LogP contribution in [0, 0.1) is 24.7 Å². The lowest BCUT2D eigenvalue weighted by atomic mass is 10.0. The molecule has 18 heteroatoms. The molecule has 2 aliphatic rings. The monoisotopic (exact) mass is 1130 g/mol. The zero-order valence-corrected chi connectivity index (χ0v) is 48.1. The summed E-state index contributed by atoms with van der Waals surface area (Å²) < 4.78 is 0. The predicted octanol–water partition coefficient (Wildman–Crippen LogP) is 6.77. The van der Waals surface area contributed by atoms with Crippen molar-refractivity contribution in [2.24, 2.45) is 11.5 Å². The summed E-state index contributed by atoms with van der Waals surface area (Å²) in [6.07, 6.45) is 3.12. The van der Waals surface area contributed by atoms with E-state index in [9.17, 15) is 24.0 Å². The Labute approximate surface area is 491 Å². The van der Waals surface area contributed by atoms with E-state index in [0.29, 0.717) is 81.6 Å². The van der Waals surface area contributed by atoms with Crippen LogP contribution in [0.3, 0.4) is 0 Å². The second-order valence-electron chi connectivity index (χ2n) is 21.8. The number of nitrogens with one attached hydrogen (secondary N) is 9. The molecular weight excluding hydrogens is 1050 g/mol. The van der Waals surface area contributed by atoms with Gasteiger partial charge in [-0.1, -0.05) is 145 Å². The van der Waals surface area contributed by atoms with Crippen molar-refractivity contribution in [3.63, 3.8) is 0 Å². The number of aryl methyl sites for hydroxylation is 2. The fraction of sp³-hybridized carbons (Fsp3) is 0.318. The number of nitrogens with two attached hydrogens (primary N) is 2. The second-order valence-corrected chi connectivity index (χ2v) is 21.8. The van der Waals surface area contributed by atoms with Gasteiger partial charge in [-0.25, -0.2) is 0 Å². The van der Waals surface area contributed by atoms with Gasteiger partial charge in [0.15, 0.2) is 11.9 Å². The van der Waals surface area contributed by atoms with E-state index in [0.717, 1.165) is 39.1 Å². The van der Waals surface area contributed by atoms with Crippen LogP contribution in [0.2, 0.25) is 0 Å². The van der Waals surface area contributed by atoms with Gasteiger partial charge in [0.05, 0.1) is 18.1 Å². The Hall–Kier alpha value is -9.13. The lowest BCUT2D eigenvalue weighted by molar-refractivity contribution is -0.134. The summed E-state index contributed by atoms with van der Waals surface area (Å²) in [6.45, 7) is 9.13. The molecule has 0 aromatic heterocycles. The number of nitrogens with zero attached hydrogens (tertiary/aromatic N) is 2. The molecule has 2 fully saturated rings. The standard InChI is InChI=1S/C36H41N7O3.C30H38N6O2/c1-2-30(42-36(37)38)32-35(46)43(23-31(25-12-5-3-6-13-25)41-34(45)26-14-7-4-8-15-26)20-19-29(40-32)22-39-33(44)28-18-17-24-11-9-10-16-27(24)21-28;1-20-14-21(2)16-22(15-20)19-36-13-11-26(35-27(29(36)38)8-5-12-33-30(31)32)18-34-28(37)25-10-9-23-6-3-4-7-24(23)17-25/h3-18,21,29-32,40H,2,19-20,22-23H2,1H3,(H,39,44)(H,41,45)(H4,37,38,42);3-4,6-7,9-10,14-17,26-27,35H,5,8,11-13,18-19H2,1-2H3,(H,34,37)(H4,31,32,33)/t29-,30?,31+,32-;26-,27-/m00/s1. The third kappa shape index (κ3) is 17.2. The van der Waals surface area contributed by atoms with Crippen molar-refractivity contribution in [2.45, 2.75) is 95.7 Å². The minimum Gasteiger partial charge on any atom is -0.370 e. The second kappa shape index (κ2) is 29.7. The van der Waals surface area contributed by atoms with E-state index in [1.54, 1.807) is 17.0 Å². The molecular formula is C66H79N13O5. The summed E-state index contributed by atoms with van der Waals surface area (Å²) in [7, 11) is 0. The largest absolute Gasteiger partial charge is 0.370 e. The van der Waals surface area contributed by atoms with Crippen molar-refractivity contribution in [1.82, 2.24) is 47.0 Å². The number of carbonyl (C=O) groups is 5. The molecule has 18 nitrogen and oxygen atoms in total. The molecule has 5 amide bonds.